The quantitative estimate of drug-likeness (QED) is 0.173. The van der Waals surface area contributed by atoms with Crippen LogP contribution in [0, 0.1) is 45.0 Å². The van der Waals surface area contributed by atoms with Crippen molar-refractivity contribution < 1.29 is 33.6 Å². The molecule has 0 spiro atoms. The van der Waals surface area contributed by atoms with Crippen LogP contribution < -0.4 is 9.80 Å². The monoisotopic (exact) mass is 629 g/mol. The summed E-state index contributed by atoms with van der Waals surface area (Å²) in [7, 11) is 0. The number of amides is 4. The topological polar surface area (TPSA) is 138 Å². The van der Waals surface area contributed by atoms with E-state index >= 15 is 0 Å². The highest BCUT2D eigenvalue weighted by Gasteiger charge is 2.67. The number of fused-ring (bicyclic) bond motifs is 4. The molecule has 4 amide bonds. The third-order valence-electron chi connectivity index (χ3n) is 9.96. The van der Waals surface area contributed by atoms with Crippen LogP contribution in [0.25, 0.3) is 0 Å². The summed E-state index contributed by atoms with van der Waals surface area (Å²) in [6.07, 6.45) is 2.17. The number of imide groups is 2. The number of allylic oxidation sites excluding steroid dienone is 2. The summed E-state index contributed by atoms with van der Waals surface area (Å²) in [6, 6.07) is 15.3. The minimum absolute atomic E-state index is 0.00562. The number of nitrogens with zero attached hydrogens (tertiary/aromatic N) is 3. The van der Waals surface area contributed by atoms with Gasteiger partial charge in [0, 0.05) is 18.1 Å². The third kappa shape index (κ3) is 4.06. The van der Waals surface area contributed by atoms with Crippen LogP contribution in [-0.4, -0.2) is 33.7 Å². The van der Waals surface area contributed by atoms with Crippen LogP contribution >= 0.6 is 11.6 Å². The first kappa shape index (κ1) is 28.8. The Morgan fingerprint density at radius 1 is 0.933 bits per heavy atom. The van der Waals surface area contributed by atoms with Crippen molar-refractivity contribution in [2.45, 2.75) is 25.7 Å². The molecule has 3 aromatic carbocycles. The van der Waals surface area contributed by atoms with E-state index in [1.807, 2.05) is 6.08 Å². The molecule has 12 heteroatoms. The largest absolute Gasteiger partial charge is 0.508 e. The number of carbonyl (C=O) groups excluding carboxylic acids is 4. The Kier molecular flexibility index (Phi) is 6.45. The van der Waals surface area contributed by atoms with Gasteiger partial charge in [-0.25, -0.2) is 14.2 Å². The molecule has 4 aliphatic rings. The van der Waals surface area contributed by atoms with Gasteiger partial charge in [0.15, 0.2) is 0 Å². The van der Waals surface area contributed by atoms with Crippen molar-refractivity contribution in [3.63, 3.8) is 0 Å². The smallest absolute Gasteiger partial charge is 0.271 e. The van der Waals surface area contributed by atoms with Gasteiger partial charge in [0.1, 0.15) is 11.6 Å². The average Bonchev–Trinajstić information content (AvgIpc) is 3.38. The van der Waals surface area contributed by atoms with Gasteiger partial charge in [-0.05, 0) is 67.6 Å². The maximum absolute atomic E-state index is 14.4. The average molecular weight is 630 g/mol. The fourth-order valence-corrected chi connectivity index (χ4v) is 8.11. The summed E-state index contributed by atoms with van der Waals surface area (Å²) >= 11 is 6.03. The van der Waals surface area contributed by atoms with Gasteiger partial charge in [0.2, 0.25) is 23.6 Å². The van der Waals surface area contributed by atoms with Gasteiger partial charge in [-0.1, -0.05) is 41.4 Å². The molecule has 6 unspecified atom stereocenters. The third-order valence-corrected chi connectivity index (χ3v) is 10.3. The van der Waals surface area contributed by atoms with Gasteiger partial charge in [-0.2, -0.15) is 0 Å². The standard InChI is InChI=1S/C33H25ClFN3O7/c1-33-24(30(41)37(32(33)43)18-7-12-26(35)25(34)14-18)15-23-21(28(33)16-5-8-20(39)9-6-16)10-11-22-27(23)31(42)36(29(22)40)17-3-2-4-19(13-17)38(44)45/h2-10,12-14,22-24,27-28,39H,11,15H2,1H3. The lowest BCUT2D eigenvalue weighted by Crippen LogP contribution is -2.48. The van der Waals surface area contributed by atoms with Crippen LogP contribution in [-0.2, 0) is 19.2 Å². The Morgan fingerprint density at radius 3 is 2.33 bits per heavy atom. The van der Waals surface area contributed by atoms with E-state index in [0.29, 0.717) is 5.56 Å². The molecule has 3 fully saturated rings. The molecule has 2 saturated heterocycles. The molecule has 10 nitrogen and oxygen atoms in total. The van der Waals surface area contributed by atoms with Crippen LogP contribution in [0.4, 0.5) is 21.5 Å². The first-order chi connectivity index (χ1) is 21.4. The first-order valence-corrected chi connectivity index (χ1v) is 14.8. The highest BCUT2D eigenvalue weighted by molar-refractivity contribution is 6.32. The minimum atomic E-state index is -1.32. The predicted octanol–water partition coefficient (Wildman–Crippen LogP) is 5.53. The van der Waals surface area contributed by atoms with E-state index in [0.717, 1.165) is 21.4 Å². The highest BCUT2D eigenvalue weighted by Crippen LogP contribution is 2.63. The lowest BCUT2D eigenvalue weighted by Gasteiger charge is -2.49. The Labute approximate surface area is 260 Å². The lowest BCUT2D eigenvalue weighted by molar-refractivity contribution is -0.384. The molecular formula is C33H25ClFN3O7. The minimum Gasteiger partial charge on any atom is -0.508 e. The normalized spacial score (nSPS) is 29.0. The van der Waals surface area contributed by atoms with Crippen molar-refractivity contribution in [1.29, 1.82) is 0 Å². The molecule has 0 aromatic heterocycles. The number of nitro groups is 1. The number of rotatable bonds is 4. The Morgan fingerprint density at radius 2 is 1.64 bits per heavy atom. The molecule has 2 aliphatic heterocycles. The fourth-order valence-electron chi connectivity index (χ4n) is 7.93. The number of halogens is 2. The van der Waals surface area contributed by atoms with E-state index in [2.05, 4.69) is 0 Å². The van der Waals surface area contributed by atoms with E-state index in [-0.39, 0.29) is 40.7 Å². The molecule has 3 aromatic rings. The van der Waals surface area contributed by atoms with Crippen molar-refractivity contribution >= 4 is 52.3 Å². The van der Waals surface area contributed by atoms with Gasteiger partial charge in [-0.15, -0.1) is 0 Å². The summed E-state index contributed by atoms with van der Waals surface area (Å²) in [5.41, 5.74) is 0.00601. The molecular weight excluding hydrogens is 605 g/mol. The number of nitro benzene ring substituents is 1. The van der Waals surface area contributed by atoms with E-state index in [4.69, 9.17) is 11.6 Å². The van der Waals surface area contributed by atoms with Gasteiger partial charge in [-0.3, -0.25) is 29.3 Å². The number of anilines is 2. The SMILES string of the molecule is CC12C(=O)N(c3ccc(F)c(Cl)c3)C(=O)C1CC1C(=CCC3C(=O)N(c4cccc([N+](=O)[O-])c4)C(=O)C31)C2c1ccc(O)cc1. The molecule has 6 atom stereocenters. The zero-order valence-corrected chi connectivity index (χ0v) is 24.5. The van der Waals surface area contributed by atoms with E-state index in [1.165, 1.54) is 48.5 Å². The number of benzene rings is 3. The maximum Gasteiger partial charge on any atom is 0.271 e. The second kappa shape index (κ2) is 10.1. The number of phenolic OH excluding ortho intramolecular Hbond substituents is 1. The van der Waals surface area contributed by atoms with Gasteiger partial charge in [0.05, 0.1) is 44.5 Å². The molecule has 228 valence electrons. The molecule has 0 bridgehead atoms. The van der Waals surface area contributed by atoms with Crippen LogP contribution in [0.3, 0.4) is 0 Å². The van der Waals surface area contributed by atoms with Crippen molar-refractivity contribution in [3.05, 3.63) is 105 Å². The zero-order chi connectivity index (χ0) is 31.9. The van der Waals surface area contributed by atoms with Crippen LogP contribution in [0.1, 0.15) is 31.2 Å². The molecule has 0 radical (unpaired) electrons. The molecule has 2 aliphatic carbocycles. The molecule has 1 N–H and O–H groups in total. The van der Waals surface area contributed by atoms with Crippen LogP contribution in [0.15, 0.2) is 78.4 Å². The lowest BCUT2D eigenvalue weighted by atomic mass is 9.51. The van der Waals surface area contributed by atoms with E-state index in [1.54, 1.807) is 19.1 Å². The number of carbonyl (C=O) groups is 4. The van der Waals surface area contributed by atoms with Gasteiger partial charge >= 0.3 is 0 Å². The summed E-state index contributed by atoms with van der Waals surface area (Å²) in [5.74, 6) is -6.56. The zero-order valence-electron chi connectivity index (χ0n) is 23.7. The van der Waals surface area contributed by atoms with Gasteiger partial charge in [0.25, 0.3) is 5.69 Å². The van der Waals surface area contributed by atoms with Crippen molar-refractivity contribution in [2.24, 2.45) is 29.1 Å². The van der Waals surface area contributed by atoms with E-state index in [9.17, 15) is 38.8 Å². The van der Waals surface area contributed by atoms with Crippen molar-refractivity contribution in [1.82, 2.24) is 0 Å². The second-order valence-electron chi connectivity index (χ2n) is 12.1. The number of hydrogen-bond donors (Lipinski definition) is 1. The Balaban J connectivity index is 1.35. The van der Waals surface area contributed by atoms with Gasteiger partial charge < -0.3 is 5.11 Å². The Bertz CT molecular complexity index is 1880. The summed E-state index contributed by atoms with van der Waals surface area (Å²) in [4.78, 5) is 69.2. The number of non-ortho nitro benzene ring substituents is 1. The number of phenols is 1. The Hall–Kier alpha value is -4.90. The molecule has 7 rings (SSSR count). The molecule has 45 heavy (non-hydrogen) atoms. The van der Waals surface area contributed by atoms with E-state index < -0.39 is 69.4 Å². The summed E-state index contributed by atoms with van der Waals surface area (Å²) in [5, 5.41) is 21.2. The maximum atomic E-state index is 14.4. The fraction of sp³-hybridized carbons (Fsp3) is 0.273. The first-order valence-electron chi connectivity index (χ1n) is 14.4. The van der Waals surface area contributed by atoms with Crippen LogP contribution in [0.2, 0.25) is 5.02 Å². The molecule has 1 saturated carbocycles. The molecule has 2 heterocycles. The summed E-state index contributed by atoms with van der Waals surface area (Å²) < 4.78 is 14.0. The van der Waals surface area contributed by atoms with Crippen molar-refractivity contribution in [2.75, 3.05) is 9.80 Å². The summed E-state index contributed by atoms with van der Waals surface area (Å²) in [6.45, 7) is 1.71. The number of hydrogen-bond acceptors (Lipinski definition) is 7. The van der Waals surface area contributed by atoms with Crippen molar-refractivity contribution in [3.8, 4) is 5.75 Å². The second-order valence-corrected chi connectivity index (χ2v) is 12.5. The highest BCUT2D eigenvalue weighted by atomic mass is 35.5. The predicted molar refractivity (Wildman–Crippen MR) is 160 cm³/mol. The van der Waals surface area contributed by atoms with Crippen LogP contribution in [0.5, 0.6) is 5.75 Å². The number of aromatic hydroxyl groups is 1.